The Morgan fingerprint density at radius 1 is 1.38 bits per heavy atom. The van der Waals surface area contributed by atoms with Gasteiger partial charge in [-0.3, -0.25) is 0 Å². The topological polar surface area (TPSA) is 46.5 Å². The molecule has 0 amide bonds. The van der Waals surface area contributed by atoms with Crippen LogP contribution in [0, 0.1) is 6.92 Å². The number of ether oxygens (including phenoxy) is 1. The highest BCUT2D eigenvalue weighted by Crippen LogP contribution is 2.25. The predicted molar refractivity (Wildman–Crippen MR) is 87.8 cm³/mol. The monoisotopic (exact) mass is 288 g/mol. The quantitative estimate of drug-likeness (QED) is 0.599. The molecule has 1 unspecified atom stereocenters. The molecule has 0 bridgehead atoms. The van der Waals surface area contributed by atoms with Crippen LogP contribution in [0.5, 0.6) is 11.5 Å². The summed E-state index contributed by atoms with van der Waals surface area (Å²) in [5.41, 5.74) is 1.59. The Hall–Kier alpha value is -2.29. The number of aryl methyl sites for hydroxylation is 1. The van der Waals surface area contributed by atoms with Gasteiger partial charge in [-0.05, 0) is 36.3 Å². The van der Waals surface area contributed by atoms with E-state index in [0.717, 1.165) is 17.4 Å². The van der Waals surface area contributed by atoms with E-state index in [9.17, 15) is 9.90 Å². The first kappa shape index (κ1) is 18.7. The van der Waals surface area contributed by atoms with E-state index in [4.69, 9.17) is 4.74 Å². The van der Waals surface area contributed by atoms with Crippen molar-refractivity contribution in [2.75, 3.05) is 0 Å². The van der Waals surface area contributed by atoms with E-state index in [1.54, 1.807) is 36.4 Å². The Bertz CT molecular complexity index is 501. The third-order valence-electron chi connectivity index (χ3n) is 2.66. The molecule has 3 heteroatoms. The van der Waals surface area contributed by atoms with E-state index in [-0.39, 0.29) is 12.2 Å². The number of phenols is 1. The summed E-state index contributed by atoms with van der Waals surface area (Å²) >= 11 is 0. The van der Waals surface area contributed by atoms with Crippen LogP contribution in [0.1, 0.15) is 25.8 Å². The van der Waals surface area contributed by atoms with Crippen LogP contribution in [-0.2, 0) is 4.79 Å². The summed E-state index contributed by atoms with van der Waals surface area (Å²) in [7, 11) is 0. The summed E-state index contributed by atoms with van der Waals surface area (Å²) in [5, 5.41) is 9.36. The normalized spacial score (nSPS) is 11.7. The molecule has 0 aliphatic rings. The smallest absolute Gasteiger partial charge is 0.130 e. The molecule has 0 saturated carbocycles. The van der Waals surface area contributed by atoms with Gasteiger partial charge >= 0.3 is 0 Å². The molecule has 0 fully saturated rings. The largest absolute Gasteiger partial charge is 0.508 e. The van der Waals surface area contributed by atoms with E-state index in [1.807, 2.05) is 20.8 Å². The van der Waals surface area contributed by atoms with E-state index < -0.39 is 6.10 Å². The first-order valence-electron chi connectivity index (χ1n) is 6.97. The fourth-order valence-corrected chi connectivity index (χ4v) is 1.70. The second-order valence-electron chi connectivity index (χ2n) is 4.07. The van der Waals surface area contributed by atoms with Gasteiger partial charge in [0.1, 0.15) is 23.9 Å². The number of benzene rings is 1. The van der Waals surface area contributed by atoms with Gasteiger partial charge in [0.05, 0.1) is 0 Å². The highest BCUT2D eigenvalue weighted by atomic mass is 16.5. The molecule has 1 aromatic carbocycles. The predicted octanol–water partition coefficient (Wildman–Crippen LogP) is 4.36. The lowest BCUT2D eigenvalue weighted by Crippen LogP contribution is -2.19. The van der Waals surface area contributed by atoms with Crippen LogP contribution >= 0.6 is 0 Å². The standard InChI is InChI=1S/C16H18O3.C2H6/c1-4-6-13(5-2)16(9-10-17)19-15-8-7-14(18)11-12(15)3;1-2/h4-8,10-11,16,18H,1-2,9H2,3H3;1-2H3/b13-6+;. The zero-order chi connectivity index (χ0) is 16.3. The maximum atomic E-state index is 10.8. The Morgan fingerprint density at radius 3 is 2.52 bits per heavy atom. The number of phenolic OH excluding ortho intramolecular Hbond substituents is 1. The minimum atomic E-state index is -0.406. The van der Waals surface area contributed by atoms with Gasteiger partial charge in [0.15, 0.2) is 0 Å². The maximum Gasteiger partial charge on any atom is 0.130 e. The Balaban J connectivity index is 0.00000191. The number of carbonyl (C=O) groups excluding carboxylic acids is 1. The number of aromatic hydroxyl groups is 1. The average molecular weight is 288 g/mol. The van der Waals surface area contributed by atoms with E-state index in [2.05, 4.69) is 13.2 Å². The van der Waals surface area contributed by atoms with Crippen LogP contribution in [0.15, 0.2) is 55.2 Å². The Kier molecular flexibility index (Phi) is 9.35. The van der Waals surface area contributed by atoms with Gasteiger partial charge in [0, 0.05) is 6.42 Å². The maximum absolute atomic E-state index is 10.8. The molecule has 1 rings (SSSR count). The van der Waals surface area contributed by atoms with Crippen molar-refractivity contribution < 1.29 is 14.6 Å². The van der Waals surface area contributed by atoms with Crippen LogP contribution in [-0.4, -0.2) is 17.5 Å². The molecule has 0 aliphatic heterocycles. The van der Waals surface area contributed by atoms with Crippen molar-refractivity contribution in [2.24, 2.45) is 0 Å². The zero-order valence-corrected chi connectivity index (χ0v) is 13.0. The third kappa shape index (κ3) is 6.13. The molecular formula is C18H24O3. The zero-order valence-electron chi connectivity index (χ0n) is 13.0. The number of carbonyl (C=O) groups is 1. The first-order valence-corrected chi connectivity index (χ1v) is 6.97. The molecule has 0 radical (unpaired) electrons. The second-order valence-corrected chi connectivity index (χ2v) is 4.07. The van der Waals surface area contributed by atoms with Crippen LogP contribution < -0.4 is 4.74 Å². The fourth-order valence-electron chi connectivity index (χ4n) is 1.70. The number of rotatable bonds is 7. The highest BCUT2D eigenvalue weighted by molar-refractivity contribution is 5.53. The number of aldehydes is 1. The van der Waals surface area contributed by atoms with E-state index >= 15 is 0 Å². The number of allylic oxidation sites excluding steroid dienone is 2. The molecule has 21 heavy (non-hydrogen) atoms. The number of hydrogen-bond donors (Lipinski definition) is 1. The van der Waals surface area contributed by atoms with Crippen molar-refractivity contribution in [3.05, 3.63) is 60.7 Å². The minimum absolute atomic E-state index is 0.183. The van der Waals surface area contributed by atoms with Gasteiger partial charge in [-0.25, -0.2) is 0 Å². The lowest BCUT2D eigenvalue weighted by atomic mass is 10.1. The van der Waals surface area contributed by atoms with Crippen LogP contribution in [0.3, 0.4) is 0 Å². The number of hydrogen-bond acceptors (Lipinski definition) is 3. The van der Waals surface area contributed by atoms with Crippen molar-refractivity contribution in [3.63, 3.8) is 0 Å². The lowest BCUT2D eigenvalue weighted by molar-refractivity contribution is -0.108. The average Bonchev–Trinajstić information content (AvgIpc) is 2.49. The van der Waals surface area contributed by atoms with Gasteiger partial charge in [0.2, 0.25) is 0 Å². The Morgan fingerprint density at radius 2 is 2.05 bits per heavy atom. The van der Waals surface area contributed by atoms with Crippen LogP contribution in [0.4, 0.5) is 0 Å². The summed E-state index contributed by atoms with van der Waals surface area (Å²) in [6.07, 6.45) is 5.66. The molecule has 0 aliphatic carbocycles. The van der Waals surface area contributed by atoms with Crippen molar-refractivity contribution in [3.8, 4) is 11.5 Å². The summed E-state index contributed by atoms with van der Waals surface area (Å²) < 4.78 is 5.82. The molecule has 1 atom stereocenters. The minimum Gasteiger partial charge on any atom is -0.508 e. The van der Waals surface area contributed by atoms with Gasteiger partial charge in [-0.15, -0.1) is 0 Å². The molecule has 0 spiro atoms. The molecule has 1 N–H and O–H groups in total. The lowest BCUT2D eigenvalue weighted by Gasteiger charge is -2.19. The van der Waals surface area contributed by atoms with Crippen LogP contribution in [0.25, 0.3) is 0 Å². The fraction of sp³-hybridized carbons (Fsp3) is 0.278. The summed E-state index contributed by atoms with van der Waals surface area (Å²) in [6, 6.07) is 4.83. The van der Waals surface area contributed by atoms with Crippen molar-refractivity contribution in [1.29, 1.82) is 0 Å². The summed E-state index contributed by atoms with van der Waals surface area (Å²) in [4.78, 5) is 10.8. The van der Waals surface area contributed by atoms with Gasteiger partial charge in [-0.1, -0.05) is 45.2 Å². The van der Waals surface area contributed by atoms with Gasteiger partial charge in [0.25, 0.3) is 0 Å². The second kappa shape index (κ2) is 10.5. The SMILES string of the molecule is C=C/C=C(\C=C)C(CC=O)Oc1ccc(O)cc1C.CC. The van der Waals surface area contributed by atoms with Crippen molar-refractivity contribution in [2.45, 2.75) is 33.3 Å². The molecule has 1 aromatic rings. The third-order valence-corrected chi connectivity index (χ3v) is 2.66. The van der Waals surface area contributed by atoms with E-state index in [0.29, 0.717) is 5.75 Å². The molecule has 0 heterocycles. The molecule has 0 aromatic heterocycles. The van der Waals surface area contributed by atoms with E-state index in [1.165, 1.54) is 0 Å². The molecule has 0 saturated heterocycles. The molecular weight excluding hydrogens is 264 g/mol. The van der Waals surface area contributed by atoms with Crippen molar-refractivity contribution in [1.82, 2.24) is 0 Å². The first-order chi connectivity index (χ1) is 10.1. The molecule has 3 nitrogen and oxygen atoms in total. The van der Waals surface area contributed by atoms with Gasteiger partial charge < -0.3 is 14.6 Å². The Labute approximate surface area is 127 Å². The van der Waals surface area contributed by atoms with Crippen molar-refractivity contribution >= 4 is 6.29 Å². The van der Waals surface area contributed by atoms with Gasteiger partial charge in [-0.2, -0.15) is 0 Å². The summed E-state index contributed by atoms with van der Waals surface area (Å²) in [6.45, 7) is 13.2. The highest BCUT2D eigenvalue weighted by Gasteiger charge is 2.14. The summed E-state index contributed by atoms with van der Waals surface area (Å²) in [5.74, 6) is 0.809. The van der Waals surface area contributed by atoms with Crippen LogP contribution in [0.2, 0.25) is 0 Å². The molecule has 114 valence electrons.